The third-order valence-electron chi connectivity index (χ3n) is 3.63. The van der Waals surface area contributed by atoms with Crippen molar-refractivity contribution < 1.29 is 18.0 Å². The molecule has 0 saturated heterocycles. The maximum atomic E-state index is 12.5. The second kappa shape index (κ2) is 11.0. The van der Waals surface area contributed by atoms with E-state index in [1.54, 1.807) is 11.8 Å². The summed E-state index contributed by atoms with van der Waals surface area (Å²) >= 11 is 10.0. The Labute approximate surface area is 193 Å². The van der Waals surface area contributed by atoms with Crippen molar-refractivity contribution in [2.24, 2.45) is 5.10 Å². The van der Waals surface area contributed by atoms with Crippen molar-refractivity contribution in [1.82, 2.24) is 15.6 Å². The summed E-state index contributed by atoms with van der Waals surface area (Å²) in [6.45, 7) is 0. The van der Waals surface area contributed by atoms with Crippen molar-refractivity contribution in [2.75, 3.05) is 5.75 Å². The van der Waals surface area contributed by atoms with E-state index in [0.29, 0.717) is 14.9 Å². The lowest BCUT2D eigenvalue weighted by Crippen LogP contribution is -2.19. The number of hydrazone groups is 1. The molecule has 0 aliphatic carbocycles. The molecule has 1 N–H and O–H groups in total. The lowest BCUT2D eigenvalue weighted by molar-refractivity contribution is -0.137. The van der Waals surface area contributed by atoms with Crippen molar-refractivity contribution >= 4 is 58.6 Å². The van der Waals surface area contributed by atoms with Gasteiger partial charge in [0, 0.05) is 10.8 Å². The molecule has 3 rings (SSSR count). The molecule has 1 amide bonds. The largest absolute Gasteiger partial charge is 0.416 e. The van der Waals surface area contributed by atoms with E-state index in [0.717, 1.165) is 27.8 Å². The minimum Gasteiger partial charge on any atom is -0.272 e. The first kappa shape index (κ1) is 23.6. The third-order valence-corrected chi connectivity index (χ3v) is 7.14. The highest BCUT2D eigenvalue weighted by Crippen LogP contribution is 2.31. The fourth-order valence-electron chi connectivity index (χ4n) is 2.14. The number of halogens is 4. The van der Waals surface area contributed by atoms with Gasteiger partial charge in [0.2, 0.25) is 0 Å². The number of amides is 1. The molecular weight excluding hydrogens is 489 g/mol. The molecule has 0 atom stereocenters. The minimum absolute atomic E-state index is 0.0842. The van der Waals surface area contributed by atoms with Crippen LogP contribution in [0, 0.1) is 0 Å². The second-order valence-electron chi connectivity index (χ2n) is 5.95. The molecule has 0 saturated carbocycles. The molecule has 162 valence electrons. The summed E-state index contributed by atoms with van der Waals surface area (Å²) in [5.74, 6) is 0.454. The molecule has 0 aliphatic heterocycles. The predicted molar refractivity (Wildman–Crippen MR) is 119 cm³/mol. The fourth-order valence-corrected chi connectivity index (χ4v) is 5.03. The van der Waals surface area contributed by atoms with E-state index in [-0.39, 0.29) is 11.7 Å². The summed E-state index contributed by atoms with van der Waals surface area (Å²) in [6, 6.07) is 12.0. The van der Waals surface area contributed by atoms with Crippen LogP contribution in [0.1, 0.15) is 16.7 Å². The van der Waals surface area contributed by atoms with E-state index in [1.165, 1.54) is 41.4 Å². The molecule has 0 bridgehead atoms. The highest BCUT2D eigenvalue weighted by Gasteiger charge is 2.29. The summed E-state index contributed by atoms with van der Waals surface area (Å²) in [7, 11) is 0. The molecule has 2 aromatic carbocycles. The number of benzene rings is 2. The molecule has 12 heteroatoms. The molecule has 3 aromatic rings. The molecule has 0 unspecified atom stereocenters. The summed E-state index contributed by atoms with van der Waals surface area (Å²) in [5, 5.41) is 12.6. The zero-order valence-corrected chi connectivity index (χ0v) is 18.8. The Morgan fingerprint density at radius 3 is 2.35 bits per heavy atom. The van der Waals surface area contributed by atoms with E-state index in [2.05, 4.69) is 20.7 Å². The zero-order chi connectivity index (χ0) is 22.3. The smallest absolute Gasteiger partial charge is 0.272 e. The van der Waals surface area contributed by atoms with E-state index >= 15 is 0 Å². The van der Waals surface area contributed by atoms with Crippen LogP contribution in [0.5, 0.6) is 0 Å². The lowest BCUT2D eigenvalue weighted by Gasteiger charge is -2.05. The number of rotatable bonds is 8. The van der Waals surface area contributed by atoms with Gasteiger partial charge in [0.1, 0.15) is 0 Å². The van der Waals surface area contributed by atoms with Crippen LogP contribution in [0.15, 0.2) is 62.3 Å². The molecule has 1 aromatic heterocycles. The van der Waals surface area contributed by atoms with Crippen LogP contribution in [0.4, 0.5) is 13.2 Å². The van der Waals surface area contributed by atoms with Crippen LogP contribution in [0.3, 0.4) is 0 Å². The Hall–Kier alpha value is -2.08. The highest BCUT2D eigenvalue weighted by atomic mass is 35.5. The lowest BCUT2D eigenvalue weighted by atomic mass is 10.1. The van der Waals surface area contributed by atoms with Gasteiger partial charge in [-0.3, -0.25) is 4.79 Å². The van der Waals surface area contributed by atoms with Gasteiger partial charge < -0.3 is 0 Å². The molecular formula is C19H14ClF3N4OS3. The Kier molecular flexibility index (Phi) is 8.35. The Morgan fingerprint density at radius 1 is 1.06 bits per heavy atom. The molecule has 0 radical (unpaired) electrons. The topological polar surface area (TPSA) is 67.2 Å². The van der Waals surface area contributed by atoms with Crippen molar-refractivity contribution in [3.8, 4) is 0 Å². The standard InChI is InChI=1S/C19H14ClF3N4OS3/c20-15-7-3-13(4-8-15)10-29-17-26-27-18(31-17)30-11-16(28)25-24-9-12-1-5-14(6-2-12)19(21,22)23/h1-9H,10-11H2,(H,25,28)/b24-9-. The van der Waals surface area contributed by atoms with Crippen LogP contribution in [0.2, 0.25) is 5.02 Å². The van der Waals surface area contributed by atoms with E-state index in [4.69, 9.17) is 11.6 Å². The van der Waals surface area contributed by atoms with Crippen LogP contribution in [-0.2, 0) is 16.7 Å². The average Bonchev–Trinajstić information content (AvgIpc) is 3.19. The van der Waals surface area contributed by atoms with Gasteiger partial charge in [-0.05, 0) is 35.4 Å². The number of hydrogen-bond donors (Lipinski definition) is 1. The van der Waals surface area contributed by atoms with Crippen molar-refractivity contribution in [3.63, 3.8) is 0 Å². The Balaban J connectivity index is 1.40. The first-order valence-electron chi connectivity index (χ1n) is 8.62. The van der Waals surface area contributed by atoms with Crippen LogP contribution in [0.25, 0.3) is 0 Å². The predicted octanol–water partition coefficient (Wildman–Crippen LogP) is 5.75. The van der Waals surface area contributed by atoms with Crippen molar-refractivity contribution in [3.05, 3.63) is 70.2 Å². The number of carbonyl (C=O) groups excluding carboxylic acids is 1. The first-order chi connectivity index (χ1) is 14.8. The Bertz CT molecular complexity index is 1040. The summed E-state index contributed by atoms with van der Waals surface area (Å²) in [6.07, 6.45) is -3.11. The molecule has 0 fully saturated rings. The fraction of sp³-hybridized carbons (Fsp3) is 0.158. The van der Waals surface area contributed by atoms with Gasteiger partial charge in [-0.2, -0.15) is 18.3 Å². The van der Waals surface area contributed by atoms with Gasteiger partial charge in [-0.25, -0.2) is 5.43 Å². The number of thioether (sulfide) groups is 2. The van der Waals surface area contributed by atoms with Gasteiger partial charge >= 0.3 is 6.18 Å². The number of aromatic nitrogens is 2. The van der Waals surface area contributed by atoms with Gasteiger partial charge in [0.25, 0.3) is 5.91 Å². The maximum Gasteiger partial charge on any atom is 0.416 e. The number of nitrogens with one attached hydrogen (secondary N) is 1. The number of hydrogen-bond acceptors (Lipinski definition) is 7. The third kappa shape index (κ3) is 7.84. The van der Waals surface area contributed by atoms with E-state index < -0.39 is 11.7 Å². The van der Waals surface area contributed by atoms with Gasteiger partial charge in [-0.1, -0.05) is 70.7 Å². The summed E-state index contributed by atoms with van der Waals surface area (Å²) in [4.78, 5) is 11.9. The molecule has 5 nitrogen and oxygen atoms in total. The van der Waals surface area contributed by atoms with Gasteiger partial charge in [0.15, 0.2) is 8.68 Å². The quantitative estimate of drug-likeness (QED) is 0.241. The SMILES string of the molecule is O=C(CSc1nnc(SCc2ccc(Cl)cc2)s1)N/N=C\c1ccc(C(F)(F)F)cc1. The molecule has 1 heterocycles. The summed E-state index contributed by atoms with van der Waals surface area (Å²) < 4.78 is 39.0. The van der Waals surface area contributed by atoms with E-state index in [1.807, 2.05) is 24.3 Å². The molecule has 0 spiro atoms. The van der Waals surface area contributed by atoms with Crippen molar-refractivity contribution in [2.45, 2.75) is 20.6 Å². The number of carbonyl (C=O) groups is 1. The molecule has 0 aliphatic rings. The van der Waals surface area contributed by atoms with Gasteiger partial charge in [0.05, 0.1) is 17.5 Å². The normalized spacial score (nSPS) is 11.7. The monoisotopic (exact) mass is 502 g/mol. The minimum atomic E-state index is -4.39. The zero-order valence-electron chi connectivity index (χ0n) is 15.6. The van der Waals surface area contributed by atoms with Crippen LogP contribution >= 0.6 is 46.5 Å². The highest BCUT2D eigenvalue weighted by molar-refractivity contribution is 8.03. The van der Waals surface area contributed by atoms with Gasteiger partial charge in [-0.15, -0.1) is 10.2 Å². The maximum absolute atomic E-state index is 12.5. The number of alkyl halides is 3. The number of nitrogens with zero attached hydrogens (tertiary/aromatic N) is 3. The average molecular weight is 503 g/mol. The van der Waals surface area contributed by atoms with Crippen LogP contribution in [-0.4, -0.2) is 28.1 Å². The molecule has 31 heavy (non-hydrogen) atoms. The van der Waals surface area contributed by atoms with E-state index in [9.17, 15) is 18.0 Å². The Morgan fingerprint density at radius 2 is 1.71 bits per heavy atom. The first-order valence-corrected chi connectivity index (χ1v) is 11.8. The second-order valence-corrected chi connectivity index (χ2v) is 9.81. The van der Waals surface area contributed by atoms with Crippen molar-refractivity contribution in [1.29, 1.82) is 0 Å². The summed E-state index contributed by atoms with van der Waals surface area (Å²) in [5.41, 5.74) is 3.14. The van der Waals surface area contributed by atoms with Crippen LogP contribution < -0.4 is 5.43 Å².